The Hall–Kier alpha value is -2.10. The average molecular weight is 217 g/mol. The van der Waals surface area contributed by atoms with Gasteiger partial charge in [0.15, 0.2) is 0 Å². The van der Waals surface area contributed by atoms with E-state index in [-0.39, 0.29) is 12.1 Å². The summed E-state index contributed by atoms with van der Waals surface area (Å²) in [4.78, 5) is 22.8. The molecule has 0 saturated carbocycles. The van der Waals surface area contributed by atoms with Gasteiger partial charge in [0.25, 0.3) is 5.56 Å². The third-order valence-corrected chi connectivity index (χ3v) is 2.41. The summed E-state index contributed by atoms with van der Waals surface area (Å²) in [6.45, 7) is -0.0588. The summed E-state index contributed by atoms with van der Waals surface area (Å²) in [5, 5.41) is 0.922. The van der Waals surface area contributed by atoms with Crippen LogP contribution in [0.2, 0.25) is 0 Å². The molecule has 1 heterocycles. The Bertz CT molecular complexity index is 586. The zero-order valence-electron chi connectivity index (χ0n) is 8.84. The number of rotatable bonds is 2. The number of methoxy groups -OCH3 is 1. The molecule has 0 unspecified atom stereocenters. The number of carbonyl (C=O) groups excluding carboxylic acids is 1. The fraction of sp³-hybridized carbons (Fsp3) is 0.167. The van der Waals surface area contributed by atoms with E-state index in [9.17, 15) is 9.59 Å². The molecular weight excluding hydrogens is 206 g/mol. The van der Waals surface area contributed by atoms with Crippen LogP contribution >= 0.6 is 0 Å². The average Bonchev–Trinajstić information content (AvgIpc) is 2.32. The van der Waals surface area contributed by atoms with Gasteiger partial charge in [0.2, 0.25) is 0 Å². The molecule has 4 heteroatoms. The molecule has 1 aromatic carbocycles. The summed E-state index contributed by atoms with van der Waals surface area (Å²) in [5.74, 6) is -0.432. The lowest BCUT2D eigenvalue weighted by atomic mass is 10.2. The number of pyridine rings is 1. The number of para-hydroxylation sites is 1. The van der Waals surface area contributed by atoms with Gasteiger partial charge in [0.1, 0.15) is 6.54 Å². The van der Waals surface area contributed by atoms with E-state index in [0.717, 1.165) is 10.9 Å². The van der Waals surface area contributed by atoms with Crippen molar-refractivity contribution in [1.29, 1.82) is 0 Å². The summed E-state index contributed by atoms with van der Waals surface area (Å²) in [5.41, 5.74) is 0.532. The molecule has 1 aromatic heterocycles. The third kappa shape index (κ3) is 1.82. The van der Waals surface area contributed by atoms with Gasteiger partial charge in [-0.2, -0.15) is 0 Å². The first-order chi connectivity index (χ1) is 7.72. The Kier molecular flexibility index (Phi) is 2.72. The molecule has 0 radical (unpaired) electrons. The fourth-order valence-corrected chi connectivity index (χ4v) is 1.60. The first-order valence-electron chi connectivity index (χ1n) is 4.88. The molecule has 0 amide bonds. The lowest BCUT2D eigenvalue weighted by molar-refractivity contribution is -0.141. The van der Waals surface area contributed by atoms with Gasteiger partial charge in [0, 0.05) is 6.07 Å². The van der Waals surface area contributed by atoms with E-state index in [2.05, 4.69) is 4.74 Å². The van der Waals surface area contributed by atoms with Gasteiger partial charge < -0.3 is 4.74 Å². The molecule has 0 N–H and O–H groups in total. The molecule has 0 fully saturated rings. The normalized spacial score (nSPS) is 10.3. The third-order valence-electron chi connectivity index (χ3n) is 2.41. The molecule has 0 aliphatic heterocycles. The Morgan fingerprint density at radius 3 is 2.75 bits per heavy atom. The highest BCUT2D eigenvalue weighted by molar-refractivity contribution is 5.80. The number of benzene rings is 1. The van der Waals surface area contributed by atoms with Crippen LogP contribution in [0.3, 0.4) is 0 Å². The Balaban J connectivity index is 2.61. The zero-order valence-corrected chi connectivity index (χ0v) is 8.84. The van der Waals surface area contributed by atoms with E-state index in [1.807, 2.05) is 18.2 Å². The van der Waals surface area contributed by atoms with Crippen molar-refractivity contribution in [2.75, 3.05) is 7.11 Å². The minimum absolute atomic E-state index is 0.0588. The first kappa shape index (κ1) is 10.4. The summed E-state index contributed by atoms with van der Waals surface area (Å²) < 4.78 is 5.96. The first-order valence-corrected chi connectivity index (χ1v) is 4.88. The second kappa shape index (κ2) is 4.18. The highest BCUT2D eigenvalue weighted by Crippen LogP contribution is 2.10. The maximum Gasteiger partial charge on any atom is 0.325 e. The van der Waals surface area contributed by atoms with Crippen molar-refractivity contribution in [3.8, 4) is 0 Å². The fourth-order valence-electron chi connectivity index (χ4n) is 1.60. The maximum absolute atomic E-state index is 11.6. The van der Waals surface area contributed by atoms with Gasteiger partial charge >= 0.3 is 5.97 Å². The van der Waals surface area contributed by atoms with E-state index in [1.165, 1.54) is 17.7 Å². The van der Waals surface area contributed by atoms with Crippen LogP contribution in [-0.2, 0) is 16.1 Å². The highest BCUT2D eigenvalue weighted by atomic mass is 16.5. The second-order valence-corrected chi connectivity index (χ2v) is 3.39. The second-order valence-electron chi connectivity index (χ2n) is 3.39. The van der Waals surface area contributed by atoms with Crippen molar-refractivity contribution in [3.05, 3.63) is 46.8 Å². The number of aromatic nitrogens is 1. The van der Waals surface area contributed by atoms with E-state index in [1.54, 1.807) is 12.1 Å². The summed E-state index contributed by atoms with van der Waals surface area (Å²) in [7, 11) is 1.30. The summed E-state index contributed by atoms with van der Waals surface area (Å²) >= 11 is 0. The molecule has 0 aliphatic rings. The number of nitrogens with zero attached hydrogens (tertiary/aromatic N) is 1. The van der Waals surface area contributed by atoms with Gasteiger partial charge in [-0.3, -0.25) is 14.2 Å². The number of hydrogen-bond donors (Lipinski definition) is 0. The van der Waals surface area contributed by atoms with Crippen molar-refractivity contribution in [1.82, 2.24) is 4.57 Å². The minimum Gasteiger partial charge on any atom is -0.468 e. The highest BCUT2D eigenvalue weighted by Gasteiger charge is 2.07. The number of ether oxygens (including phenoxy) is 1. The van der Waals surface area contributed by atoms with Gasteiger partial charge in [-0.1, -0.05) is 18.2 Å². The van der Waals surface area contributed by atoms with Crippen molar-refractivity contribution < 1.29 is 9.53 Å². The van der Waals surface area contributed by atoms with Crippen LogP contribution in [0, 0.1) is 0 Å². The molecule has 0 atom stereocenters. The predicted octanol–water partition coefficient (Wildman–Crippen LogP) is 1.17. The summed E-state index contributed by atoms with van der Waals surface area (Å²) in [6, 6.07) is 10.6. The van der Waals surface area contributed by atoms with Crippen LogP contribution in [0.4, 0.5) is 0 Å². The number of hydrogen-bond acceptors (Lipinski definition) is 3. The summed E-state index contributed by atoms with van der Waals surface area (Å²) in [6.07, 6.45) is 0. The molecule has 82 valence electrons. The monoisotopic (exact) mass is 217 g/mol. The molecule has 0 saturated heterocycles. The number of fused-ring (bicyclic) bond motifs is 1. The van der Waals surface area contributed by atoms with E-state index < -0.39 is 5.97 Å². The van der Waals surface area contributed by atoms with Crippen molar-refractivity contribution in [2.24, 2.45) is 0 Å². The quantitative estimate of drug-likeness (QED) is 0.709. The maximum atomic E-state index is 11.6. The lowest BCUT2D eigenvalue weighted by Crippen LogP contribution is -2.24. The van der Waals surface area contributed by atoms with Gasteiger partial charge in [-0.05, 0) is 17.5 Å². The van der Waals surface area contributed by atoms with E-state index in [4.69, 9.17) is 0 Å². The lowest BCUT2D eigenvalue weighted by Gasteiger charge is -2.08. The predicted molar refractivity (Wildman–Crippen MR) is 60.2 cm³/mol. The number of carbonyl (C=O) groups is 1. The van der Waals surface area contributed by atoms with Crippen LogP contribution in [-0.4, -0.2) is 17.6 Å². The topological polar surface area (TPSA) is 48.3 Å². The Morgan fingerprint density at radius 2 is 2.00 bits per heavy atom. The molecule has 4 nitrogen and oxygen atoms in total. The number of esters is 1. The van der Waals surface area contributed by atoms with E-state index in [0.29, 0.717) is 0 Å². The molecule has 0 spiro atoms. The standard InChI is InChI=1S/C12H11NO3/c1-16-12(15)8-13-10-5-3-2-4-9(10)6-7-11(13)14/h2-7H,8H2,1H3. The largest absolute Gasteiger partial charge is 0.468 e. The van der Waals surface area contributed by atoms with Crippen LogP contribution in [0.15, 0.2) is 41.2 Å². The van der Waals surface area contributed by atoms with Gasteiger partial charge in [0.05, 0.1) is 12.6 Å². The molecule has 2 aromatic rings. The van der Waals surface area contributed by atoms with Gasteiger partial charge in [-0.15, -0.1) is 0 Å². The van der Waals surface area contributed by atoms with Gasteiger partial charge in [-0.25, -0.2) is 0 Å². The Labute approximate surface area is 92.1 Å². The molecular formula is C12H11NO3. The van der Waals surface area contributed by atoms with Crippen molar-refractivity contribution in [2.45, 2.75) is 6.54 Å². The van der Waals surface area contributed by atoms with Crippen LogP contribution in [0.1, 0.15) is 0 Å². The van der Waals surface area contributed by atoms with Crippen LogP contribution in [0.5, 0.6) is 0 Å². The van der Waals surface area contributed by atoms with E-state index >= 15 is 0 Å². The molecule has 16 heavy (non-hydrogen) atoms. The molecule has 0 aliphatic carbocycles. The van der Waals surface area contributed by atoms with Crippen molar-refractivity contribution in [3.63, 3.8) is 0 Å². The SMILES string of the molecule is COC(=O)Cn1c(=O)ccc2ccccc21. The minimum atomic E-state index is -0.432. The molecule has 2 rings (SSSR count). The van der Waals surface area contributed by atoms with Crippen molar-refractivity contribution >= 4 is 16.9 Å². The molecule has 0 bridgehead atoms. The zero-order chi connectivity index (χ0) is 11.5. The Morgan fingerprint density at radius 1 is 1.25 bits per heavy atom. The van der Waals surface area contributed by atoms with Crippen LogP contribution < -0.4 is 5.56 Å². The smallest absolute Gasteiger partial charge is 0.325 e. The van der Waals surface area contributed by atoms with Crippen LogP contribution in [0.25, 0.3) is 10.9 Å².